The highest BCUT2D eigenvalue weighted by atomic mass is 127. The van der Waals surface area contributed by atoms with Gasteiger partial charge < -0.3 is 16.0 Å². The van der Waals surface area contributed by atoms with Gasteiger partial charge in [-0.3, -0.25) is 4.79 Å². The third-order valence-electron chi connectivity index (χ3n) is 3.29. The molecule has 1 atom stereocenters. The maximum atomic E-state index is 12.4. The fourth-order valence-electron chi connectivity index (χ4n) is 1.95. The molecule has 2 aromatic carbocycles. The lowest BCUT2D eigenvalue weighted by molar-refractivity contribution is 0.0934. The maximum absolute atomic E-state index is 12.4. The van der Waals surface area contributed by atoms with E-state index in [1.807, 2.05) is 43.3 Å². The molecule has 0 bridgehead atoms. The van der Waals surface area contributed by atoms with Crippen molar-refractivity contribution in [1.29, 1.82) is 0 Å². The Morgan fingerprint density at radius 2 is 1.62 bits per heavy atom. The molecular weight excluding hydrogens is 528 g/mol. The summed E-state index contributed by atoms with van der Waals surface area (Å²) in [6.45, 7) is 1.99. The highest BCUT2D eigenvalue weighted by molar-refractivity contribution is 14.1. The van der Waals surface area contributed by atoms with Gasteiger partial charge >= 0.3 is 0 Å². The zero-order valence-electron chi connectivity index (χ0n) is 13.5. The summed E-state index contributed by atoms with van der Waals surface area (Å²) in [4.78, 5) is 12.4. The largest absolute Gasteiger partial charge is 0.339 e. The first-order chi connectivity index (χ1) is 12.1. The van der Waals surface area contributed by atoms with Crippen LogP contribution in [0.1, 0.15) is 15.9 Å². The SMILES string of the molecule is Cc1ccc(NC(=S)NC(NC(=O)c2ccc(I)cc2)C(Cl)(Cl)Cl)cc1. The molecule has 0 spiro atoms. The predicted molar refractivity (Wildman–Crippen MR) is 121 cm³/mol. The van der Waals surface area contributed by atoms with Gasteiger partial charge in [-0.2, -0.15) is 0 Å². The van der Waals surface area contributed by atoms with E-state index in [-0.39, 0.29) is 11.0 Å². The van der Waals surface area contributed by atoms with Gasteiger partial charge in [-0.15, -0.1) is 0 Å². The van der Waals surface area contributed by atoms with Crippen LogP contribution in [0.4, 0.5) is 5.69 Å². The van der Waals surface area contributed by atoms with E-state index in [9.17, 15) is 4.79 Å². The molecule has 0 aliphatic heterocycles. The Kier molecular flexibility index (Phi) is 7.78. The van der Waals surface area contributed by atoms with Crippen LogP contribution in [0.5, 0.6) is 0 Å². The van der Waals surface area contributed by atoms with Crippen LogP contribution >= 0.6 is 69.6 Å². The molecule has 138 valence electrons. The first kappa shape index (κ1) is 21.5. The number of anilines is 1. The topological polar surface area (TPSA) is 53.2 Å². The molecule has 0 aliphatic rings. The number of halogens is 4. The summed E-state index contributed by atoms with van der Waals surface area (Å²) < 4.78 is -0.795. The molecule has 9 heteroatoms. The smallest absolute Gasteiger partial charge is 0.252 e. The lowest BCUT2D eigenvalue weighted by Crippen LogP contribution is -2.56. The van der Waals surface area contributed by atoms with E-state index < -0.39 is 9.96 Å². The lowest BCUT2D eigenvalue weighted by Gasteiger charge is -2.27. The third-order valence-corrected chi connectivity index (χ3v) is 4.89. The zero-order valence-corrected chi connectivity index (χ0v) is 18.8. The minimum atomic E-state index is -1.81. The van der Waals surface area contributed by atoms with Gasteiger partial charge in [0.05, 0.1) is 0 Å². The Labute approximate surface area is 186 Å². The van der Waals surface area contributed by atoms with Crippen LogP contribution in [0.2, 0.25) is 0 Å². The minimum Gasteiger partial charge on any atom is -0.339 e. The Morgan fingerprint density at radius 1 is 1.04 bits per heavy atom. The summed E-state index contributed by atoms with van der Waals surface area (Å²) in [5.74, 6) is -0.386. The second kappa shape index (κ2) is 9.41. The van der Waals surface area contributed by atoms with Crippen LogP contribution in [0.25, 0.3) is 0 Å². The van der Waals surface area contributed by atoms with Crippen molar-refractivity contribution in [3.63, 3.8) is 0 Å². The van der Waals surface area contributed by atoms with Crippen LogP contribution in [-0.4, -0.2) is 21.0 Å². The molecular formula is C17H15Cl3IN3OS. The second-order valence-electron chi connectivity index (χ2n) is 5.42. The zero-order chi connectivity index (χ0) is 19.3. The Morgan fingerprint density at radius 3 is 2.15 bits per heavy atom. The molecule has 0 aromatic heterocycles. The van der Waals surface area contributed by atoms with E-state index in [0.29, 0.717) is 5.56 Å². The monoisotopic (exact) mass is 541 g/mol. The average Bonchev–Trinajstić information content (AvgIpc) is 2.56. The van der Waals surface area contributed by atoms with Crippen molar-refractivity contribution in [3.8, 4) is 0 Å². The maximum Gasteiger partial charge on any atom is 0.252 e. The molecule has 1 unspecified atom stereocenters. The quantitative estimate of drug-likeness (QED) is 0.220. The number of carbonyl (C=O) groups excluding carboxylic acids is 1. The van der Waals surface area contributed by atoms with E-state index in [4.69, 9.17) is 47.0 Å². The molecule has 1 amide bonds. The van der Waals surface area contributed by atoms with Crippen LogP contribution < -0.4 is 16.0 Å². The number of alkyl halides is 3. The number of thiocarbonyl (C=S) groups is 1. The average molecular weight is 543 g/mol. The summed E-state index contributed by atoms with van der Waals surface area (Å²) in [6.07, 6.45) is -1.02. The summed E-state index contributed by atoms with van der Waals surface area (Å²) in [7, 11) is 0. The van der Waals surface area contributed by atoms with Gasteiger partial charge in [-0.25, -0.2) is 0 Å². The van der Waals surface area contributed by atoms with E-state index in [2.05, 4.69) is 38.5 Å². The van der Waals surface area contributed by atoms with Crippen LogP contribution in [0.3, 0.4) is 0 Å². The van der Waals surface area contributed by atoms with Crippen molar-refractivity contribution < 1.29 is 4.79 Å². The Balaban J connectivity index is 2.04. The highest BCUT2D eigenvalue weighted by Gasteiger charge is 2.34. The fourth-order valence-corrected chi connectivity index (χ4v) is 2.87. The highest BCUT2D eigenvalue weighted by Crippen LogP contribution is 2.29. The summed E-state index contributed by atoms with van der Waals surface area (Å²) in [5, 5.41) is 8.67. The van der Waals surface area contributed by atoms with E-state index in [1.165, 1.54) is 0 Å². The Bertz CT molecular complexity index is 779. The minimum absolute atomic E-state index is 0.216. The van der Waals surface area contributed by atoms with Crippen LogP contribution in [-0.2, 0) is 0 Å². The normalized spacial score (nSPS) is 12.2. The van der Waals surface area contributed by atoms with Gasteiger partial charge in [-0.1, -0.05) is 52.5 Å². The molecule has 26 heavy (non-hydrogen) atoms. The number of hydrogen-bond donors (Lipinski definition) is 3. The van der Waals surface area contributed by atoms with Gasteiger partial charge in [0.25, 0.3) is 5.91 Å². The van der Waals surface area contributed by atoms with Gasteiger partial charge in [0.1, 0.15) is 6.17 Å². The number of nitrogens with one attached hydrogen (secondary N) is 3. The van der Waals surface area contributed by atoms with E-state index >= 15 is 0 Å². The summed E-state index contributed by atoms with van der Waals surface area (Å²) in [5.41, 5.74) is 2.35. The molecule has 4 nitrogen and oxygen atoms in total. The van der Waals surface area contributed by atoms with Crippen molar-refractivity contribution >= 4 is 86.3 Å². The Hall–Kier alpha value is -0.800. The molecule has 0 fully saturated rings. The van der Waals surface area contributed by atoms with Crippen LogP contribution in [0.15, 0.2) is 48.5 Å². The van der Waals surface area contributed by atoms with Crippen molar-refractivity contribution in [3.05, 3.63) is 63.2 Å². The predicted octanol–water partition coefficient (Wildman–Crippen LogP) is 5.01. The number of rotatable bonds is 4. The van der Waals surface area contributed by atoms with Gasteiger partial charge in [-0.05, 0) is 78.1 Å². The molecule has 0 saturated heterocycles. The molecule has 0 radical (unpaired) electrons. The van der Waals surface area contributed by atoms with Gasteiger partial charge in [0.2, 0.25) is 3.79 Å². The number of carbonyl (C=O) groups is 1. The summed E-state index contributed by atoms with van der Waals surface area (Å²) in [6, 6.07) is 14.6. The van der Waals surface area contributed by atoms with Crippen molar-refractivity contribution in [2.24, 2.45) is 0 Å². The van der Waals surface area contributed by atoms with E-state index in [1.54, 1.807) is 12.1 Å². The van der Waals surface area contributed by atoms with Crippen molar-refractivity contribution in [1.82, 2.24) is 10.6 Å². The summed E-state index contributed by atoms with van der Waals surface area (Å²) >= 11 is 25.4. The third kappa shape index (κ3) is 6.74. The molecule has 0 aliphatic carbocycles. The van der Waals surface area contributed by atoms with Crippen LogP contribution in [0, 0.1) is 10.5 Å². The molecule has 3 N–H and O–H groups in total. The number of aryl methyl sites for hydroxylation is 1. The molecule has 0 saturated carbocycles. The second-order valence-corrected chi connectivity index (χ2v) is 9.44. The molecule has 2 aromatic rings. The first-order valence-corrected chi connectivity index (χ1v) is 10.0. The standard InChI is InChI=1S/C17H15Cl3IN3OS/c1-10-2-8-13(9-3-10)22-16(26)24-15(17(18,19)20)23-14(25)11-4-6-12(21)7-5-11/h2-9,15H,1H3,(H,23,25)(H2,22,24,26). The van der Waals surface area contributed by atoms with Crippen molar-refractivity contribution in [2.45, 2.75) is 16.9 Å². The lowest BCUT2D eigenvalue weighted by atomic mass is 10.2. The fraction of sp³-hybridized carbons (Fsp3) is 0.176. The first-order valence-electron chi connectivity index (χ1n) is 7.42. The molecule has 2 rings (SSSR count). The van der Waals surface area contributed by atoms with Gasteiger partial charge in [0, 0.05) is 14.8 Å². The van der Waals surface area contributed by atoms with Gasteiger partial charge in [0.15, 0.2) is 5.11 Å². The number of benzene rings is 2. The van der Waals surface area contributed by atoms with Crippen molar-refractivity contribution in [2.75, 3.05) is 5.32 Å². The number of hydrogen-bond acceptors (Lipinski definition) is 2. The molecule has 0 heterocycles. The number of amides is 1. The van der Waals surface area contributed by atoms with E-state index in [0.717, 1.165) is 14.8 Å².